The molecule has 20 heavy (non-hydrogen) atoms. The average Bonchev–Trinajstić information content (AvgIpc) is 2.86. The van der Waals surface area contributed by atoms with Gasteiger partial charge in [0.05, 0.1) is 11.5 Å². The molecule has 1 aliphatic rings. The van der Waals surface area contributed by atoms with Crippen molar-refractivity contribution < 1.29 is 9.66 Å². The summed E-state index contributed by atoms with van der Waals surface area (Å²) in [4.78, 5) is 13.0. The number of rotatable bonds is 6. The van der Waals surface area contributed by atoms with Crippen LogP contribution in [-0.2, 0) is 17.8 Å². The number of nitro groups is 1. The van der Waals surface area contributed by atoms with Crippen LogP contribution in [0.25, 0.3) is 0 Å². The molecule has 0 amide bonds. The highest BCUT2D eigenvalue weighted by Gasteiger charge is 2.25. The van der Waals surface area contributed by atoms with Crippen molar-refractivity contribution in [2.45, 2.75) is 32.0 Å². The topological polar surface area (TPSA) is 81.6 Å². The van der Waals surface area contributed by atoms with Gasteiger partial charge in [0.2, 0.25) is 0 Å². The van der Waals surface area contributed by atoms with Crippen LogP contribution in [-0.4, -0.2) is 36.1 Å². The minimum absolute atomic E-state index is 0.118. The third kappa shape index (κ3) is 3.33. The van der Waals surface area contributed by atoms with Gasteiger partial charge in [0.25, 0.3) is 5.69 Å². The molecular formula is C14H21N3O3. The van der Waals surface area contributed by atoms with Crippen molar-refractivity contribution in [2.75, 3.05) is 20.3 Å². The summed E-state index contributed by atoms with van der Waals surface area (Å²) < 4.78 is 5.23. The molecule has 1 saturated heterocycles. The zero-order valence-electron chi connectivity index (χ0n) is 11.7. The Balaban J connectivity index is 2.13. The van der Waals surface area contributed by atoms with Gasteiger partial charge in [-0.05, 0) is 24.9 Å². The minimum Gasteiger partial charge on any atom is -0.383 e. The van der Waals surface area contributed by atoms with Crippen LogP contribution in [0, 0.1) is 10.1 Å². The van der Waals surface area contributed by atoms with Crippen molar-refractivity contribution in [1.82, 2.24) is 4.90 Å². The molecule has 1 atom stereocenters. The number of hydrogen-bond acceptors (Lipinski definition) is 5. The SMILES string of the molecule is COC[C@@H]1CCCN1Cc1ccc(CN)c([N+](=O)[O-])c1. The van der Waals surface area contributed by atoms with E-state index in [2.05, 4.69) is 4.90 Å². The summed E-state index contributed by atoms with van der Waals surface area (Å²) in [6, 6.07) is 5.74. The number of nitrogens with zero attached hydrogens (tertiary/aromatic N) is 2. The fourth-order valence-corrected chi connectivity index (χ4v) is 2.77. The van der Waals surface area contributed by atoms with Gasteiger partial charge in [0.15, 0.2) is 0 Å². The van der Waals surface area contributed by atoms with Crippen molar-refractivity contribution in [3.63, 3.8) is 0 Å². The predicted octanol–water partition coefficient (Wildman–Crippen LogP) is 1.66. The summed E-state index contributed by atoms with van der Waals surface area (Å²) in [5.41, 5.74) is 7.18. The lowest BCUT2D eigenvalue weighted by Gasteiger charge is -2.23. The van der Waals surface area contributed by atoms with E-state index in [1.165, 1.54) is 0 Å². The van der Waals surface area contributed by atoms with Gasteiger partial charge in [-0.15, -0.1) is 0 Å². The quantitative estimate of drug-likeness (QED) is 0.632. The third-order valence-electron chi connectivity index (χ3n) is 3.81. The summed E-state index contributed by atoms with van der Waals surface area (Å²) in [7, 11) is 1.71. The van der Waals surface area contributed by atoms with E-state index in [1.807, 2.05) is 6.07 Å². The largest absolute Gasteiger partial charge is 0.383 e. The van der Waals surface area contributed by atoms with E-state index in [1.54, 1.807) is 19.2 Å². The molecule has 0 bridgehead atoms. The zero-order valence-corrected chi connectivity index (χ0v) is 11.7. The predicted molar refractivity (Wildman–Crippen MR) is 76.3 cm³/mol. The van der Waals surface area contributed by atoms with E-state index in [0.717, 1.165) is 31.5 Å². The van der Waals surface area contributed by atoms with Gasteiger partial charge in [-0.2, -0.15) is 0 Å². The van der Waals surface area contributed by atoms with Crippen LogP contribution in [0.4, 0.5) is 5.69 Å². The highest BCUT2D eigenvalue weighted by molar-refractivity contribution is 5.43. The van der Waals surface area contributed by atoms with Gasteiger partial charge in [0.1, 0.15) is 0 Å². The highest BCUT2D eigenvalue weighted by atomic mass is 16.6. The van der Waals surface area contributed by atoms with Crippen molar-refractivity contribution >= 4 is 5.69 Å². The van der Waals surface area contributed by atoms with Crippen molar-refractivity contribution in [1.29, 1.82) is 0 Å². The van der Waals surface area contributed by atoms with Crippen LogP contribution in [0.15, 0.2) is 18.2 Å². The molecule has 1 aromatic carbocycles. The Morgan fingerprint density at radius 1 is 1.55 bits per heavy atom. The fraction of sp³-hybridized carbons (Fsp3) is 0.571. The van der Waals surface area contributed by atoms with Gasteiger partial charge in [-0.3, -0.25) is 15.0 Å². The Labute approximate surface area is 118 Å². The highest BCUT2D eigenvalue weighted by Crippen LogP contribution is 2.24. The van der Waals surface area contributed by atoms with E-state index in [9.17, 15) is 10.1 Å². The van der Waals surface area contributed by atoms with E-state index in [-0.39, 0.29) is 17.2 Å². The normalized spacial score (nSPS) is 19.4. The lowest BCUT2D eigenvalue weighted by Crippen LogP contribution is -2.32. The van der Waals surface area contributed by atoms with Crippen molar-refractivity contribution in [3.05, 3.63) is 39.4 Å². The lowest BCUT2D eigenvalue weighted by molar-refractivity contribution is -0.385. The maximum absolute atomic E-state index is 11.1. The Morgan fingerprint density at radius 3 is 3.00 bits per heavy atom. The molecule has 0 unspecified atom stereocenters. The molecule has 2 N–H and O–H groups in total. The molecule has 1 aromatic rings. The van der Waals surface area contributed by atoms with Gasteiger partial charge in [-0.25, -0.2) is 0 Å². The monoisotopic (exact) mass is 279 g/mol. The molecular weight excluding hydrogens is 258 g/mol. The number of ether oxygens (including phenoxy) is 1. The molecule has 1 heterocycles. The number of methoxy groups -OCH3 is 1. The van der Waals surface area contributed by atoms with Crippen molar-refractivity contribution in [3.8, 4) is 0 Å². The molecule has 0 aliphatic carbocycles. The van der Waals surface area contributed by atoms with E-state index in [4.69, 9.17) is 10.5 Å². The molecule has 0 saturated carbocycles. The van der Waals surface area contributed by atoms with Gasteiger partial charge in [-0.1, -0.05) is 12.1 Å². The molecule has 0 radical (unpaired) electrons. The minimum atomic E-state index is -0.359. The first-order valence-electron chi connectivity index (χ1n) is 6.85. The number of benzene rings is 1. The molecule has 1 fully saturated rings. The molecule has 1 aliphatic heterocycles. The van der Waals surface area contributed by atoms with Crippen LogP contribution in [0.1, 0.15) is 24.0 Å². The van der Waals surface area contributed by atoms with Gasteiger partial charge in [0, 0.05) is 37.9 Å². The van der Waals surface area contributed by atoms with Crippen LogP contribution in [0.3, 0.4) is 0 Å². The maximum Gasteiger partial charge on any atom is 0.274 e. The second-order valence-corrected chi connectivity index (χ2v) is 5.15. The molecule has 110 valence electrons. The zero-order chi connectivity index (χ0) is 14.5. The van der Waals surface area contributed by atoms with E-state index >= 15 is 0 Å². The van der Waals surface area contributed by atoms with Gasteiger partial charge >= 0.3 is 0 Å². The molecule has 6 nitrogen and oxygen atoms in total. The van der Waals surface area contributed by atoms with Crippen molar-refractivity contribution in [2.24, 2.45) is 5.73 Å². The van der Waals surface area contributed by atoms with E-state index < -0.39 is 0 Å². The van der Waals surface area contributed by atoms with E-state index in [0.29, 0.717) is 18.2 Å². The fourth-order valence-electron chi connectivity index (χ4n) is 2.77. The van der Waals surface area contributed by atoms with Crippen LogP contribution in [0.2, 0.25) is 0 Å². The lowest BCUT2D eigenvalue weighted by atomic mass is 10.1. The Bertz CT molecular complexity index is 479. The Morgan fingerprint density at radius 2 is 2.35 bits per heavy atom. The van der Waals surface area contributed by atoms with Crippen LogP contribution < -0.4 is 5.73 Å². The first-order valence-corrected chi connectivity index (χ1v) is 6.85. The Kier molecular flexibility index (Phi) is 5.05. The summed E-state index contributed by atoms with van der Waals surface area (Å²) in [5, 5.41) is 11.1. The molecule has 2 rings (SSSR count). The van der Waals surface area contributed by atoms with Crippen LogP contribution in [0.5, 0.6) is 0 Å². The molecule has 0 aromatic heterocycles. The average molecular weight is 279 g/mol. The summed E-state index contributed by atoms with van der Waals surface area (Å²) in [6.45, 7) is 2.63. The number of nitrogens with two attached hydrogens (primary N) is 1. The van der Waals surface area contributed by atoms with Gasteiger partial charge < -0.3 is 10.5 Å². The number of likely N-dealkylation sites (tertiary alicyclic amines) is 1. The number of nitro benzene ring substituents is 1. The summed E-state index contributed by atoms with van der Waals surface area (Å²) in [6.07, 6.45) is 2.27. The smallest absolute Gasteiger partial charge is 0.274 e. The second kappa shape index (κ2) is 6.78. The Hall–Kier alpha value is -1.50. The first kappa shape index (κ1) is 14.9. The molecule has 6 heteroatoms. The second-order valence-electron chi connectivity index (χ2n) is 5.15. The maximum atomic E-state index is 11.1. The summed E-state index contributed by atoms with van der Waals surface area (Å²) in [5.74, 6) is 0. The number of hydrogen-bond donors (Lipinski definition) is 1. The summed E-state index contributed by atoms with van der Waals surface area (Å²) >= 11 is 0. The first-order chi connectivity index (χ1) is 9.65. The van der Waals surface area contributed by atoms with Crippen LogP contribution >= 0.6 is 0 Å². The standard InChI is InChI=1S/C14H21N3O3/c1-20-10-13-3-2-6-16(13)9-11-4-5-12(8-15)14(7-11)17(18)19/h4-5,7,13H,2-3,6,8-10,15H2,1H3/t13-/m0/s1. The molecule has 0 spiro atoms. The third-order valence-corrected chi connectivity index (χ3v) is 3.81.